The molecule has 37 heavy (non-hydrogen) atoms. The SMILES string of the molecule is CC(=O)N1CCN(C(=O)c2c(-c3ccccc3)n(Cc3cccs3)c(=O)n2CCN2CCOCC2)CC1. The van der Waals surface area contributed by atoms with Gasteiger partial charge in [-0.2, -0.15) is 0 Å². The lowest BCUT2D eigenvalue weighted by Crippen LogP contribution is -2.50. The first-order valence-electron chi connectivity index (χ1n) is 12.8. The van der Waals surface area contributed by atoms with Gasteiger partial charge in [0, 0.05) is 69.7 Å². The molecule has 196 valence electrons. The van der Waals surface area contributed by atoms with Crippen molar-refractivity contribution in [3.63, 3.8) is 0 Å². The van der Waals surface area contributed by atoms with Gasteiger partial charge in [0.2, 0.25) is 5.91 Å². The van der Waals surface area contributed by atoms with Gasteiger partial charge in [-0.1, -0.05) is 36.4 Å². The van der Waals surface area contributed by atoms with Crippen LogP contribution in [-0.4, -0.2) is 94.7 Å². The van der Waals surface area contributed by atoms with Gasteiger partial charge in [-0.3, -0.25) is 23.6 Å². The maximum atomic E-state index is 14.1. The van der Waals surface area contributed by atoms with Crippen molar-refractivity contribution in [3.8, 4) is 11.3 Å². The van der Waals surface area contributed by atoms with Gasteiger partial charge < -0.3 is 14.5 Å². The molecule has 0 N–H and O–H groups in total. The lowest BCUT2D eigenvalue weighted by Gasteiger charge is -2.34. The zero-order chi connectivity index (χ0) is 25.8. The second kappa shape index (κ2) is 11.5. The number of nitrogens with zero attached hydrogens (tertiary/aromatic N) is 5. The minimum absolute atomic E-state index is 0.0154. The fraction of sp³-hybridized carbons (Fsp3) is 0.444. The van der Waals surface area contributed by atoms with Crippen LogP contribution in [0.25, 0.3) is 11.3 Å². The molecule has 1 aromatic carbocycles. The molecule has 3 aromatic rings. The summed E-state index contributed by atoms with van der Waals surface area (Å²) in [6, 6.07) is 13.7. The van der Waals surface area contributed by atoms with Crippen LogP contribution in [0.4, 0.5) is 0 Å². The molecule has 2 aromatic heterocycles. The molecule has 0 radical (unpaired) electrons. The van der Waals surface area contributed by atoms with E-state index in [1.165, 1.54) is 0 Å². The summed E-state index contributed by atoms with van der Waals surface area (Å²) in [5, 5.41) is 2.00. The van der Waals surface area contributed by atoms with Gasteiger partial charge in [-0.15, -0.1) is 11.3 Å². The first-order chi connectivity index (χ1) is 18.0. The average molecular weight is 524 g/mol. The molecule has 5 rings (SSSR count). The van der Waals surface area contributed by atoms with E-state index in [1.807, 2.05) is 47.8 Å². The summed E-state index contributed by atoms with van der Waals surface area (Å²) >= 11 is 1.60. The maximum absolute atomic E-state index is 14.1. The van der Waals surface area contributed by atoms with Crippen LogP contribution in [0.3, 0.4) is 0 Å². The highest BCUT2D eigenvalue weighted by molar-refractivity contribution is 7.09. The molecule has 0 spiro atoms. The van der Waals surface area contributed by atoms with Crippen LogP contribution >= 0.6 is 11.3 Å². The molecule has 2 aliphatic heterocycles. The number of imidazole rings is 1. The van der Waals surface area contributed by atoms with Gasteiger partial charge in [0.15, 0.2) is 0 Å². The number of amides is 2. The first kappa shape index (κ1) is 25.4. The van der Waals surface area contributed by atoms with Crippen molar-refractivity contribution >= 4 is 23.2 Å². The van der Waals surface area contributed by atoms with Gasteiger partial charge in [-0.05, 0) is 11.4 Å². The third-order valence-corrected chi connectivity index (χ3v) is 7.99. The molecule has 0 unspecified atom stereocenters. The standard InChI is InChI=1S/C27H33N5O4S/c1-21(33)29-10-12-30(13-11-29)26(34)25-24(22-6-3-2-4-7-22)32(20-23-8-5-19-37-23)27(35)31(25)14-9-28-15-17-36-18-16-28/h2-8,19H,9-18,20H2,1H3. The van der Waals surface area contributed by atoms with Gasteiger partial charge in [0.25, 0.3) is 5.91 Å². The second-order valence-electron chi connectivity index (χ2n) is 9.42. The lowest BCUT2D eigenvalue weighted by atomic mass is 10.1. The van der Waals surface area contributed by atoms with Crippen LogP contribution in [0.2, 0.25) is 0 Å². The topological polar surface area (TPSA) is 80.0 Å². The summed E-state index contributed by atoms with van der Waals surface area (Å²) in [6.45, 7) is 7.91. The summed E-state index contributed by atoms with van der Waals surface area (Å²) in [4.78, 5) is 46.8. The first-order valence-corrected chi connectivity index (χ1v) is 13.7. The molecule has 0 saturated carbocycles. The van der Waals surface area contributed by atoms with Crippen LogP contribution in [0.1, 0.15) is 22.3 Å². The van der Waals surface area contributed by atoms with E-state index in [1.54, 1.807) is 37.2 Å². The number of hydrogen-bond acceptors (Lipinski definition) is 6. The average Bonchev–Trinajstić information content (AvgIpc) is 3.54. The van der Waals surface area contributed by atoms with Crippen LogP contribution in [0, 0.1) is 0 Å². The molecule has 9 nitrogen and oxygen atoms in total. The van der Waals surface area contributed by atoms with Crippen molar-refractivity contribution < 1.29 is 14.3 Å². The number of benzene rings is 1. The fourth-order valence-electron chi connectivity index (χ4n) is 5.05. The zero-order valence-corrected chi connectivity index (χ0v) is 22.0. The minimum Gasteiger partial charge on any atom is -0.379 e. The van der Waals surface area contributed by atoms with E-state index in [0.29, 0.717) is 70.4 Å². The Morgan fingerprint density at radius 3 is 2.22 bits per heavy atom. The Kier molecular flexibility index (Phi) is 7.87. The summed E-state index contributed by atoms with van der Waals surface area (Å²) in [6.07, 6.45) is 0. The van der Waals surface area contributed by atoms with Gasteiger partial charge in [0.1, 0.15) is 5.69 Å². The summed E-state index contributed by atoms with van der Waals surface area (Å²) < 4.78 is 8.90. The molecule has 0 atom stereocenters. The molecule has 2 amide bonds. The Balaban J connectivity index is 1.57. The van der Waals surface area contributed by atoms with Crippen molar-refractivity contribution in [2.75, 3.05) is 59.0 Å². The molecule has 0 bridgehead atoms. The Bertz CT molecular complexity index is 1270. The van der Waals surface area contributed by atoms with Crippen LogP contribution in [0.15, 0.2) is 52.6 Å². The number of carbonyl (C=O) groups excluding carboxylic acids is 2. The number of rotatable bonds is 7. The Morgan fingerprint density at radius 2 is 1.57 bits per heavy atom. The van der Waals surface area contributed by atoms with Gasteiger partial charge >= 0.3 is 5.69 Å². The fourth-order valence-corrected chi connectivity index (χ4v) is 5.74. The van der Waals surface area contributed by atoms with E-state index in [0.717, 1.165) is 23.5 Å². The highest BCUT2D eigenvalue weighted by Gasteiger charge is 2.32. The highest BCUT2D eigenvalue weighted by atomic mass is 32.1. The van der Waals surface area contributed by atoms with Crippen molar-refractivity contribution in [2.45, 2.75) is 20.0 Å². The Hall–Kier alpha value is -3.21. The zero-order valence-electron chi connectivity index (χ0n) is 21.2. The molecule has 2 fully saturated rings. The summed E-state index contributed by atoms with van der Waals surface area (Å²) in [5.41, 5.74) is 1.75. The molecule has 10 heteroatoms. The van der Waals surface area contributed by atoms with Crippen LogP contribution < -0.4 is 5.69 Å². The monoisotopic (exact) mass is 523 g/mol. The van der Waals surface area contributed by atoms with Crippen molar-refractivity contribution in [3.05, 3.63) is 68.9 Å². The molecule has 4 heterocycles. The third kappa shape index (κ3) is 5.56. The van der Waals surface area contributed by atoms with Crippen LogP contribution in [-0.2, 0) is 22.6 Å². The van der Waals surface area contributed by atoms with E-state index in [2.05, 4.69) is 4.90 Å². The highest BCUT2D eigenvalue weighted by Crippen LogP contribution is 2.27. The van der Waals surface area contributed by atoms with Gasteiger partial charge in [-0.25, -0.2) is 4.79 Å². The molecule has 2 aliphatic rings. The summed E-state index contributed by atoms with van der Waals surface area (Å²) in [5.74, 6) is -0.146. The van der Waals surface area contributed by atoms with Crippen molar-refractivity contribution in [1.29, 1.82) is 0 Å². The third-order valence-electron chi connectivity index (χ3n) is 7.13. The maximum Gasteiger partial charge on any atom is 0.329 e. The second-order valence-corrected chi connectivity index (χ2v) is 10.4. The number of ether oxygens (including phenoxy) is 1. The van der Waals surface area contributed by atoms with Crippen molar-refractivity contribution in [2.24, 2.45) is 0 Å². The Morgan fingerprint density at radius 1 is 0.865 bits per heavy atom. The number of thiophene rings is 1. The smallest absolute Gasteiger partial charge is 0.329 e. The predicted octanol–water partition coefficient (Wildman–Crippen LogP) is 2.06. The van der Waals surface area contributed by atoms with E-state index in [-0.39, 0.29) is 17.5 Å². The molecular weight excluding hydrogens is 490 g/mol. The van der Waals surface area contributed by atoms with Crippen molar-refractivity contribution in [1.82, 2.24) is 23.8 Å². The summed E-state index contributed by atoms with van der Waals surface area (Å²) in [7, 11) is 0. The predicted molar refractivity (Wildman–Crippen MR) is 143 cm³/mol. The number of morpholine rings is 1. The number of carbonyl (C=O) groups is 2. The molecule has 0 aliphatic carbocycles. The van der Waals surface area contributed by atoms with E-state index < -0.39 is 0 Å². The van der Waals surface area contributed by atoms with Crippen LogP contribution in [0.5, 0.6) is 0 Å². The van der Waals surface area contributed by atoms with Gasteiger partial charge in [0.05, 0.1) is 25.5 Å². The van der Waals surface area contributed by atoms with E-state index >= 15 is 0 Å². The van der Waals surface area contributed by atoms with E-state index in [4.69, 9.17) is 4.74 Å². The molecular formula is C27H33N5O4S. The number of aromatic nitrogens is 2. The van der Waals surface area contributed by atoms with E-state index in [9.17, 15) is 14.4 Å². The minimum atomic E-state index is -0.175. The lowest BCUT2D eigenvalue weighted by molar-refractivity contribution is -0.130. The largest absolute Gasteiger partial charge is 0.379 e. The normalized spacial score (nSPS) is 16.8. The quantitative estimate of drug-likeness (QED) is 0.474. The molecule has 2 saturated heterocycles. The number of piperazine rings is 1. The Labute approximate surface area is 220 Å². The number of hydrogen-bond donors (Lipinski definition) is 0.